The second-order valence-electron chi connectivity index (χ2n) is 7.01. The van der Waals surface area contributed by atoms with E-state index >= 15 is 0 Å². The van der Waals surface area contributed by atoms with Gasteiger partial charge in [-0.2, -0.15) is 0 Å². The SMILES string of the molecule is COc1ccc(C(=O)NC(=O)COC(=O)c2ccc(S(=O)(=O)N(C)c3ccccc3)cc2)cc1. The smallest absolute Gasteiger partial charge is 0.338 e. The van der Waals surface area contributed by atoms with Crippen LogP contribution in [0.5, 0.6) is 5.75 Å². The fourth-order valence-electron chi connectivity index (χ4n) is 2.89. The van der Waals surface area contributed by atoms with Gasteiger partial charge in [-0.3, -0.25) is 19.2 Å². The lowest BCUT2D eigenvalue weighted by atomic mass is 10.2. The number of rotatable bonds is 8. The van der Waals surface area contributed by atoms with Crippen molar-refractivity contribution in [3.63, 3.8) is 0 Å². The highest BCUT2D eigenvalue weighted by atomic mass is 32.2. The highest BCUT2D eigenvalue weighted by Gasteiger charge is 2.22. The number of anilines is 1. The first-order chi connectivity index (χ1) is 16.2. The van der Waals surface area contributed by atoms with Crippen molar-refractivity contribution in [1.82, 2.24) is 5.32 Å². The fourth-order valence-corrected chi connectivity index (χ4v) is 4.09. The topological polar surface area (TPSA) is 119 Å². The maximum atomic E-state index is 12.8. The highest BCUT2D eigenvalue weighted by molar-refractivity contribution is 7.92. The number of nitrogens with zero attached hydrogens (tertiary/aromatic N) is 1. The Hall–Kier alpha value is -4.18. The molecule has 0 atom stereocenters. The van der Waals surface area contributed by atoms with Gasteiger partial charge < -0.3 is 9.47 Å². The molecule has 176 valence electrons. The second-order valence-corrected chi connectivity index (χ2v) is 8.98. The molecule has 3 aromatic rings. The number of sulfonamides is 1. The van der Waals surface area contributed by atoms with Gasteiger partial charge in [-0.05, 0) is 60.7 Å². The summed E-state index contributed by atoms with van der Waals surface area (Å²) >= 11 is 0. The normalized spacial score (nSPS) is 10.8. The Morgan fingerprint density at radius 1 is 0.853 bits per heavy atom. The van der Waals surface area contributed by atoms with E-state index in [-0.39, 0.29) is 16.0 Å². The minimum absolute atomic E-state index is 0.0155. The number of amides is 2. The van der Waals surface area contributed by atoms with Gasteiger partial charge in [-0.25, -0.2) is 13.2 Å². The molecule has 0 radical (unpaired) electrons. The number of imide groups is 1. The molecular weight excluding hydrogens is 460 g/mol. The molecule has 0 heterocycles. The van der Waals surface area contributed by atoms with E-state index in [2.05, 4.69) is 5.32 Å². The van der Waals surface area contributed by atoms with E-state index in [1.165, 1.54) is 50.6 Å². The molecule has 0 aromatic heterocycles. The van der Waals surface area contributed by atoms with Crippen molar-refractivity contribution in [3.05, 3.63) is 90.0 Å². The van der Waals surface area contributed by atoms with Gasteiger partial charge in [0.1, 0.15) is 5.75 Å². The summed E-state index contributed by atoms with van der Waals surface area (Å²) in [5, 5.41) is 2.12. The Bertz CT molecular complexity index is 1270. The molecule has 0 aliphatic carbocycles. The van der Waals surface area contributed by atoms with E-state index in [9.17, 15) is 22.8 Å². The Balaban J connectivity index is 1.57. The number of carbonyl (C=O) groups excluding carboxylic acids is 3. The summed E-state index contributed by atoms with van der Waals surface area (Å²) in [6.45, 7) is -0.683. The molecule has 0 spiro atoms. The molecule has 0 bridgehead atoms. The molecule has 3 aromatic carbocycles. The van der Waals surface area contributed by atoms with Gasteiger partial charge in [0.05, 0.1) is 23.3 Å². The van der Waals surface area contributed by atoms with Gasteiger partial charge in [0.2, 0.25) is 0 Å². The predicted molar refractivity (Wildman–Crippen MR) is 124 cm³/mol. The predicted octanol–water partition coefficient (Wildman–Crippen LogP) is 2.63. The number of methoxy groups -OCH3 is 1. The summed E-state index contributed by atoms with van der Waals surface area (Å²) in [6, 6.07) is 19.8. The zero-order chi connectivity index (χ0) is 24.7. The standard InChI is InChI=1S/C24H22N2O7S/c1-26(19-6-4-3-5-7-19)34(30,31)21-14-10-18(11-15-21)24(29)33-16-22(27)25-23(28)17-8-12-20(32-2)13-9-17/h3-15H,16H2,1-2H3,(H,25,27,28). The first-order valence-corrected chi connectivity index (χ1v) is 11.5. The van der Waals surface area contributed by atoms with Crippen LogP contribution in [0.2, 0.25) is 0 Å². The van der Waals surface area contributed by atoms with Crippen LogP contribution >= 0.6 is 0 Å². The third kappa shape index (κ3) is 5.78. The fraction of sp³-hybridized carbons (Fsp3) is 0.125. The van der Waals surface area contributed by atoms with Crippen LogP contribution in [-0.2, 0) is 19.6 Å². The van der Waals surface area contributed by atoms with Gasteiger partial charge in [-0.1, -0.05) is 18.2 Å². The lowest BCUT2D eigenvalue weighted by Gasteiger charge is -2.19. The maximum Gasteiger partial charge on any atom is 0.338 e. The maximum absolute atomic E-state index is 12.8. The number of ether oxygens (including phenoxy) is 2. The number of hydrogen-bond acceptors (Lipinski definition) is 7. The Morgan fingerprint density at radius 2 is 1.44 bits per heavy atom. The highest BCUT2D eigenvalue weighted by Crippen LogP contribution is 2.22. The minimum atomic E-state index is -3.83. The molecule has 0 saturated carbocycles. The zero-order valence-electron chi connectivity index (χ0n) is 18.4. The summed E-state index contributed by atoms with van der Waals surface area (Å²) in [5.41, 5.74) is 0.773. The first kappa shape index (κ1) is 24.5. The molecule has 10 heteroatoms. The molecule has 3 rings (SSSR count). The lowest BCUT2D eigenvalue weighted by Crippen LogP contribution is -2.34. The van der Waals surface area contributed by atoms with Crippen LogP contribution < -0.4 is 14.4 Å². The summed E-state index contributed by atoms with van der Waals surface area (Å²) in [5.74, 6) is -1.74. The van der Waals surface area contributed by atoms with Gasteiger partial charge in [0.25, 0.3) is 21.8 Å². The molecule has 0 fully saturated rings. The van der Waals surface area contributed by atoms with E-state index in [1.54, 1.807) is 42.5 Å². The number of hydrogen-bond donors (Lipinski definition) is 1. The number of para-hydroxylation sites is 1. The summed E-state index contributed by atoms with van der Waals surface area (Å²) in [7, 11) is -0.915. The second kappa shape index (κ2) is 10.6. The minimum Gasteiger partial charge on any atom is -0.497 e. The third-order valence-corrected chi connectivity index (χ3v) is 6.61. The number of esters is 1. The molecule has 0 unspecified atom stereocenters. The van der Waals surface area contributed by atoms with Crippen LogP contribution in [-0.4, -0.2) is 47.0 Å². The Morgan fingerprint density at radius 3 is 2.03 bits per heavy atom. The number of carbonyl (C=O) groups is 3. The quantitative estimate of drug-likeness (QED) is 0.490. The van der Waals surface area contributed by atoms with E-state index < -0.39 is 34.4 Å². The van der Waals surface area contributed by atoms with Gasteiger partial charge in [0, 0.05) is 12.6 Å². The van der Waals surface area contributed by atoms with Crippen LogP contribution in [0.4, 0.5) is 5.69 Å². The van der Waals surface area contributed by atoms with Gasteiger partial charge >= 0.3 is 5.97 Å². The molecule has 0 saturated heterocycles. The van der Waals surface area contributed by atoms with Crippen molar-refractivity contribution in [3.8, 4) is 5.75 Å². The molecule has 2 amide bonds. The molecule has 9 nitrogen and oxygen atoms in total. The lowest BCUT2D eigenvalue weighted by molar-refractivity contribution is -0.123. The van der Waals surface area contributed by atoms with E-state index in [0.717, 1.165) is 4.31 Å². The first-order valence-electron chi connectivity index (χ1n) is 10.0. The van der Waals surface area contributed by atoms with Crippen LogP contribution in [0.1, 0.15) is 20.7 Å². The number of nitrogens with one attached hydrogen (secondary N) is 1. The van der Waals surface area contributed by atoms with Crippen LogP contribution in [0.15, 0.2) is 83.8 Å². The summed E-state index contributed by atoms with van der Waals surface area (Å²) in [6.07, 6.45) is 0. The van der Waals surface area contributed by atoms with E-state index in [0.29, 0.717) is 11.4 Å². The van der Waals surface area contributed by atoms with E-state index in [4.69, 9.17) is 9.47 Å². The average Bonchev–Trinajstić information content (AvgIpc) is 2.87. The van der Waals surface area contributed by atoms with Crippen molar-refractivity contribution in [2.45, 2.75) is 4.90 Å². The average molecular weight is 483 g/mol. The molecule has 0 aliphatic heterocycles. The van der Waals surface area contributed by atoms with Crippen LogP contribution in [0.25, 0.3) is 0 Å². The molecular formula is C24H22N2O7S. The van der Waals surface area contributed by atoms with Crippen LogP contribution in [0, 0.1) is 0 Å². The largest absolute Gasteiger partial charge is 0.497 e. The van der Waals surface area contributed by atoms with Crippen molar-refractivity contribution in [2.24, 2.45) is 0 Å². The zero-order valence-corrected chi connectivity index (χ0v) is 19.2. The van der Waals surface area contributed by atoms with Crippen molar-refractivity contribution >= 4 is 33.5 Å². The van der Waals surface area contributed by atoms with Crippen molar-refractivity contribution in [1.29, 1.82) is 0 Å². The molecule has 0 aliphatic rings. The van der Waals surface area contributed by atoms with Gasteiger partial charge in [-0.15, -0.1) is 0 Å². The monoisotopic (exact) mass is 482 g/mol. The van der Waals surface area contributed by atoms with Crippen molar-refractivity contribution < 1.29 is 32.3 Å². The third-order valence-electron chi connectivity index (χ3n) is 4.81. The summed E-state index contributed by atoms with van der Waals surface area (Å²) < 4.78 is 36.7. The molecule has 1 N–H and O–H groups in total. The summed E-state index contributed by atoms with van der Waals surface area (Å²) in [4.78, 5) is 36.3. The number of benzene rings is 3. The Kier molecular flexibility index (Phi) is 7.64. The van der Waals surface area contributed by atoms with Gasteiger partial charge in [0.15, 0.2) is 6.61 Å². The Labute approximate surface area is 197 Å². The molecule has 34 heavy (non-hydrogen) atoms. The van der Waals surface area contributed by atoms with E-state index in [1.807, 2.05) is 0 Å². The van der Waals surface area contributed by atoms with Crippen LogP contribution in [0.3, 0.4) is 0 Å². The van der Waals surface area contributed by atoms with Crippen molar-refractivity contribution in [2.75, 3.05) is 25.1 Å².